The Kier molecular flexibility index (Phi) is 6.00. The number of hydrogen-bond acceptors (Lipinski definition) is 6. The highest BCUT2D eigenvalue weighted by molar-refractivity contribution is 6.62. The molecule has 0 aromatic heterocycles. The molecule has 0 saturated carbocycles. The average Bonchev–Trinajstić information content (AvgIpc) is 3.23. The van der Waals surface area contributed by atoms with E-state index in [0.29, 0.717) is 13.2 Å². The van der Waals surface area contributed by atoms with Crippen LogP contribution in [0.4, 0.5) is 0 Å². The molecule has 26 heavy (non-hydrogen) atoms. The number of fused-ring (bicyclic) bond motifs is 2. The maximum absolute atomic E-state index is 9.45. The number of benzene rings is 2. The fraction of sp³-hybridized carbons (Fsp3) is 0.222. The summed E-state index contributed by atoms with van der Waals surface area (Å²) in [5.41, 5.74) is 4.74. The third-order valence-corrected chi connectivity index (χ3v) is 4.25. The normalized spacial score (nSPS) is 14.8. The number of hydrogen-bond donors (Lipinski definition) is 2. The maximum atomic E-state index is 9.45. The van der Waals surface area contributed by atoms with Gasteiger partial charge in [0.25, 0.3) is 0 Å². The van der Waals surface area contributed by atoms with Crippen LogP contribution < -0.4 is 15.7 Å². The molecule has 0 unspecified atom stereocenters. The predicted molar refractivity (Wildman–Crippen MR) is 100 cm³/mol. The molecular weight excluding hydrogens is 334 g/mol. The van der Waals surface area contributed by atoms with E-state index in [-0.39, 0.29) is 0 Å². The Morgan fingerprint density at radius 2 is 1.54 bits per heavy atom. The molecule has 2 aliphatic heterocycles. The Morgan fingerprint density at radius 3 is 2.15 bits per heavy atom. The largest absolute Gasteiger partial charge is 0.504 e. The van der Waals surface area contributed by atoms with Crippen LogP contribution in [0, 0.1) is 0 Å². The van der Waals surface area contributed by atoms with Crippen LogP contribution in [0.5, 0.6) is 5.75 Å². The van der Waals surface area contributed by atoms with Gasteiger partial charge in [-0.25, -0.2) is 0 Å². The lowest BCUT2D eigenvalue weighted by Crippen LogP contribution is -2.28. The van der Waals surface area contributed by atoms with Gasteiger partial charge in [-0.3, -0.25) is 0 Å². The summed E-state index contributed by atoms with van der Waals surface area (Å²) in [5, 5.41) is 18.8. The highest BCUT2D eigenvalue weighted by atomic mass is 16.5. The first-order valence-corrected chi connectivity index (χ1v) is 8.20. The summed E-state index contributed by atoms with van der Waals surface area (Å²) >= 11 is 0. The molecule has 2 aliphatic rings. The molecule has 2 heterocycles. The Bertz CT molecular complexity index is 795. The van der Waals surface area contributed by atoms with E-state index < -0.39 is 14.2 Å². The number of ether oxygens (including phenoxy) is 2. The molecule has 0 saturated heterocycles. The van der Waals surface area contributed by atoms with Crippen molar-refractivity contribution in [1.82, 2.24) is 0 Å². The van der Waals surface area contributed by atoms with Crippen LogP contribution in [-0.2, 0) is 27.3 Å². The summed E-state index contributed by atoms with van der Waals surface area (Å²) in [5.74, 6) is 0.748. The van der Waals surface area contributed by atoms with E-state index in [0.717, 1.165) is 33.4 Å². The lowest BCUT2D eigenvalue weighted by atomic mass is 9.79. The molecule has 134 valence electrons. The summed E-state index contributed by atoms with van der Waals surface area (Å²) < 4.78 is 19.9. The molecule has 0 aliphatic carbocycles. The van der Waals surface area contributed by atoms with Crippen LogP contribution in [0.25, 0.3) is 6.08 Å². The van der Waals surface area contributed by atoms with Crippen molar-refractivity contribution in [2.75, 3.05) is 14.2 Å². The van der Waals surface area contributed by atoms with E-state index >= 15 is 0 Å². The van der Waals surface area contributed by atoms with Gasteiger partial charge in [0.1, 0.15) is 5.75 Å². The predicted octanol–water partition coefficient (Wildman–Crippen LogP) is 0.434. The highest BCUT2D eigenvalue weighted by Gasteiger charge is 2.27. The summed E-state index contributed by atoms with van der Waals surface area (Å²) in [4.78, 5) is 0. The van der Waals surface area contributed by atoms with E-state index in [4.69, 9.17) is 18.8 Å². The van der Waals surface area contributed by atoms with Crippen molar-refractivity contribution < 1.29 is 28.8 Å². The molecular formula is C18H20B2O6. The lowest BCUT2D eigenvalue weighted by molar-refractivity contribution is 0.275. The fourth-order valence-corrected chi connectivity index (χ4v) is 2.80. The van der Waals surface area contributed by atoms with Crippen LogP contribution >= 0.6 is 0 Å². The summed E-state index contributed by atoms with van der Waals surface area (Å²) in [7, 11) is 1.64. The molecule has 2 aromatic rings. The monoisotopic (exact) mass is 354 g/mol. The molecule has 2 aromatic carbocycles. The zero-order valence-corrected chi connectivity index (χ0v) is 14.7. The molecule has 0 amide bonds. The van der Waals surface area contributed by atoms with Gasteiger partial charge in [-0.05, 0) is 45.8 Å². The topological polar surface area (TPSA) is 77.4 Å². The first-order chi connectivity index (χ1) is 12.6. The zero-order valence-electron chi connectivity index (χ0n) is 14.7. The second kappa shape index (κ2) is 8.42. The van der Waals surface area contributed by atoms with E-state index in [1.165, 1.54) is 0 Å². The van der Waals surface area contributed by atoms with Gasteiger partial charge in [0.05, 0.1) is 33.7 Å². The van der Waals surface area contributed by atoms with Gasteiger partial charge in [0.2, 0.25) is 0 Å². The van der Waals surface area contributed by atoms with Crippen molar-refractivity contribution >= 4 is 31.2 Å². The third-order valence-electron chi connectivity index (χ3n) is 4.25. The van der Waals surface area contributed by atoms with Crippen LogP contribution in [0.2, 0.25) is 0 Å². The second-order valence-electron chi connectivity index (χ2n) is 5.89. The standard InChI is InChI=1S/C10H11BO3.C8H9BO3/c1-13-5-4-8-2-3-9-7-14-11(12)10(9)6-8;1-11-7-3-2-6-5-12-9(10)8(6)4-7/h2-6,12H,7H2,1H3;2-4,10H,5H2,1H3/b5-4+;. The molecule has 6 nitrogen and oxygen atoms in total. The first kappa shape index (κ1) is 18.5. The SMILES string of the molecule is CO/C=C/c1ccc2c(c1)B(O)OC2.COc1ccc2c(c1)B(O)OC2. The van der Waals surface area contributed by atoms with Crippen molar-refractivity contribution in [1.29, 1.82) is 0 Å². The number of methoxy groups -OCH3 is 2. The van der Waals surface area contributed by atoms with Gasteiger partial charge in [-0.1, -0.05) is 24.3 Å². The minimum absolute atomic E-state index is 0.487. The minimum Gasteiger partial charge on any atom is -0.504 e. The van der Waals surface area contributed by atoms with E-state index in [1.54, 1.807) is 26.5 Å². The summed E-state index contributed by atoms with van der Waals surface area (Å²) in [6.07, 6.45) is 3.44. The van der Waals surface area contributed by atoms with Gasteiger partial charge in [0, 0.05) is 0 Å². The second-order valence-corrected chi connectivity index (χ2v) is 5.89. The molecule has 2 N–H and O–H groups in total. The van der Waals surface area contributed by atoms with Crippen molar-refractivity contribution in [3.8, 4) is 5.75 Å². The van der Waals surface area contributed by atoms with Crippen LogP contribution in [-0.4, -0.2) is 38.5 Å². The first-order valence-electron chi connectivity index (χ1n) is 8.20. The molecule has 8 heteroatoms. The van der Waals surface area contributed by atoms with E-state index in [2.05, 4.69) is 0 Å². The maximum Gasteiger partial charge on any atom is 0.491 e. The van der Waals surface area contributed by atoms with Crippen molar-refractivity contribution in [3.05, 3.63) is 59.4 Å². The Labute approximate surface area is 153 Å². The molecule has 0 spiro atoms. The fourth-order valence-electron chi connectivity index (χ4n) is 2.80. The summed E-state index contributed by atoms with van der Waals surface area (Å²) in [6.45, 7) is 0.977. The van der Waals surface area contributed by atoms with E-state index in [1.807, 2.05) is 36.4 Å². The van der Waals surface area contributed by atoms with Gasteiger partial charge < -0.3 is 28.8 Å². The van der Waals surface area contributed by atoms with Crippen LogP contribution in [0.3, 0.4) is 0 Å². The lowest BCUT2D eigenvalue weighted by Gasteiger charge is -2.01. The van der Waals surface area contributed by atoms with Crippen molar-refractivity contribution in [3.63, 3.8) is 0 Å². The molecule has 0 atom stereocenters. The molecule has 0 radical (unpaired) electrons. The summed E-state index contributed by atoms with van der Waals surface area (Å²) in [6, 6.07) is 11.4. The van der Waals surface area contributed by atoms with Gasteiger partial charge >= 0.3 is 14.2 Å². The minimum atomic E-state index is -0.782. The molecule has 0 fully saturated rings. The highest BCUT2D eigenvalue weighted by Crippen LogP contribution is 2.15. The molecule has 0 bridgehead atoms. The zero-order chi connectivity index (χ0) is 18.5. The van der Waals surface area contributed by atoms with Gasteiger partial charge in [0.15, 0.2) is 0 Å². The Hall–Kier alpha value is -2.25. The van der Waals surface area contributed by atoms with Crippen LogP contribution in [0.1, 0.15) is 16.7 Å². The smallest absolute Gasteiger partial charge is 0.491 e. The van der Waals surface area contributed by atoms with Crippen molar-refractivity contribution in [2.45, 2.75) is 13.2 Å². The molecule has 4 rings (SSSR count). The van der Waals surface area contributed by atoms with Crippen LogP contribution in [0.15, 0.2) is 42.7 Å². The average molecular weight is 354 g/mol. The number of rotatable bonds is 3. The quantitative estimate of drug-likeness (QED) is 0.615. The Morgan fingerprint density at radius 1 is 0.923 bits per heavy atom. The Balaban J connectivity index is 0.000000152. The van der Waals surface area contributed by atoms with Gasteiger partial charge in [-0.2, -0.15) is 0 Å². The van der Waals surface area contributed by atoms with E-state index in [9.17, 15) is 10.0 Å². The third kappa shape index (κ3) is 4.11. The van der Waals surface area contributed by atoms with Gasteiger partial charge in [-0.15, -0.1) is 0 Å². The van der Waals surface area contributed by atoms with Crippen molar-refractivity contribution in [2.24, 2.45) is 0 Å².